The van der Waals surface area contributed by atoms with Crippen LogP contribution < -0.4 is 10.0 Å². The van der Waals surface area contributed by atoms with Gasteiger partial charge in [-0.3, -0.25) is 0 Å². The van der Waals surface area contributed by atoms with E-state index < -0.39 is 10.0 Å². The lowest BCUT2D eigenvalue weighted by atomic mass is 10.1. The zero-order valence-corrected chi connectivity index (χ0v) is 13.6. The Bertz CT molecular complexity index is 541. The van der Waals surface area contributed by atoms with Crippen molar-refractivity contribution >= 4 is 10.0 Å². The highest BCUT2D eigenvalue weighted by molar-refractivity contribution is 7.89. The van der Waals surface area contributed by atoms with Crippen molar-refractivity contribution in [3.05, 3.63) is 17.9 Å². The Hall–Kier alpha value is -0.890. The van der Waals surface area contributed by atoms with Gasteiger partial charge in [-0.15, -0.1) is 0 Å². The van der Waals surface area contributed by atoms with Crippen molar-refractivity contribution in [2.75, 3.05) is 26.7 Å². The molecule has 0 spiro atoms. The molecule has 0 amide bonds. The highest BCUT2D eigenvalue weighted by Gasteiger charge is 2.25. The quantitative estimate of drug-likeness (QED) is 0.738. The average Bonchev–Trinajstić information content (AvgIpc) is 2.88. The predicted molar refractivity (Wildman–Crippen MR) is 81.5 cm³/mol. The van der Waals surface area contributed by atoms with Gasteiger partial charge in [-0.25, -0.2) is 13.1 Å². The molecule has 2 heterocycles. The number of piperidine rings is 1. The summed E-state index contributed by atoms with van der Waals surface area (Å²) in [5.41, 5.74) is 0. The van der Waals surface area contributed by atoms with Crippen LogP contribution in [0.2, 0.25) is 0 Å². The summed E-state index contributed by atoms with van der Waals surface area (Å²) >= 11 is 0. The highest BCUT2D eigenvalue weighted by atomic mass is 32.2. The van der Waals surface area contributed by atoms with E-state index in [-0.39, 0.29) is 11.1 Å². The Morgan fingerprint density at radius 3 is 2.95 bits per heavy atom. The van der Waals surface area contributed by atoms with Crippen LogP contribution in [0.4, 0.5) is 0 Å². The summed E-state index contributed by atoms with van der Waals surface area (Å²) in [5, 5.41) is 3.19. The molecule has 1 aromatic rings. The van der Waals surface area contributed by atoms with Crippen molar-refractivity contribution < 1.29 is 12.8 Å². The number of nitrogens with zero attached hydrogens (tertiary/aromatic N) is 1. The van der Waals surface area contributed by atoms with Crippen molar-refractivity contribution in [3.8, 4) is 0 Å². The molecule has 1 aliphatic rings. The van der Waals surface area contributed by atoms with Crippen LogP contribution in [0, 0.1) is 0 Å². The third-order valence-corrected chi connectivity index (χ3v) is 4.97. The van der Waals surface area contributed by atoms with Gasteiger partial charge in [0.2, 0.25) is 5.09 Å². The van der Waals surface area contributed by atoms with Gasteiger partial charge in [0, 0.05) is 12.6 Å². The second-order valence-corrected chi connectivity index (χ2v) is 7.27. The first-order valence-corrected chi connectivity index (χ1v) is 9.00. The molecule has 7 heteroatoms. The Morgan fingerprint density at radius 1 is 1.43 bits per heavy atom. The maximum Gasteiger partial charge on any atom is 0.274 e. The third kappa shape index (κ3) is 4.81. The van der Waals surface area contributed by atoms with E-state index >= 15 is 0 Å². The molecule has 0 saturated carbocycles. The van der Waals surface area contributed by atoms with Crippen LogP contribution >= 0.6 is 0 Å². The SMILES string of the molecule is CCCNCc1ccc(S(=O)(=O)NC2CCCN(C)C2)o1. The van der Waals surface area contributed by atoms with Crippen molar-refractivity contribution in [3.63, 3.8) is 0 Å². The van der Waals surface area contributed by atoms with Crippen LogP contribution in [0.1, 0.15) is 31.9 Å². The number of likely N-dealkylation sites (N-methyl/N-ethyl adjacent to an activating group) is 1. The van der Waals surface area contributed by atoms with E-state index in [0.717, 1.165) is 38.9 Å². The molecular weight excluding hydrogens is 290 g/mol. The normalized spacial score (nSPS) is 20.8. The number of hydrogen-bond donors (Lipinski definition) is 2. The lowest BCUT2D eigenvalue weighted by Crippen LogP contribution is -2.46. The van der Waals surface area contributed by atoms with Gasteiger partial charge >= 0.3 is 0 Å². The predicted octanol–water partition coefficient (Wildman–Crippen LogP) is 1.15. The van der Waals surface area contributed by atoms with Crippen LogP contribution in [0.25, 0.3) is 0 Å². The second kappa shape index (κ2) is 7.40. The summed E-state index contributed by atoms with van der Waals surface area (Å²) in [5.74, 6) is 0.643. The molecule has 120 valence electrons. The first kappa shape index (κ1) is 16.5. The topological polar surface area (TPSA) is 74.6 Å². The minimum Gasteiger partial charge on any atom is -0.447 e. The van der Waals surface area contributed by atoms with Gasteiger partial charge in [-0.05, 0) is 51.5 Å². The maximum absolute atomic E-state index is 12.3. The van der Waals surface area contributed by atoms with E-state index in [1.165, 1.54) is 6.07 Å². The average molecular weight is 315 g/mol. The minimum atomic E-state index is -3.56. The number of furan rings is 1. The number of sulfonamides is 1. The number of rotatable bonds is 7. The van der Waals surface area contributed by atoms with Crippen LogP contribution in [-0.2, 0) is 16.6 Å². The maximum atomic E-state index is 12.3. The summed E-state index contributed by atoms with van der Waals surface area (Å²) in [4.78, 5) is 2.14. The zero-order valence-electron chi connectivity index (χ0n) is 12.8. The molecule has 2 N–H and O–H groups in total. The van der Waals surface area contributed by atoms with E-state index in [9.17, 15) is 8.42 Å². The standard InChI is InChI=1S/C14H25N3O3S/c1-3-8-15-10-13-6-7-14(20-13)21(18,19)16-12-5-4-9-17(2)11-12/h6-7,12,15-16H,3-5,8-11H2,1-2H3. The Morgan fingerprint density at radius 2 is 2.24 bits per heavy atom. The van der Waals surface area contributed by atoms with Gasteiger partial charge in [-0.1, -0.05) is 6.92 Å². The fourth-order valence-electron chi connectivity index (χ4n) is 2.53. The van der Waals surface area contributed by atoms with Crippen molar-refractivity contribution in [2.24, 2.45) is 0 Å². The fourth-order valence-corrected chi connectivity index (χ4v) is 3.74. The number of likely N-dealkylation sites (tertiary alicyclic amines) is 1. The van der Waals surface area contributed by atoms with Gasteiger partial charge < -0.3 is 14.6 Å². The molecule has 1 aromatic heterocycles. The molecule has 21 heavy (non-hydrogen) atoms. The van der Waals surface area contributed by atoms with Crippen LogP contribution in [0.3, 0.4) is 0 Å². The zero-order chi connectivity index (χ0) is 15.3. The van der Waals surface area contributed by atoms with Gasteiger partial charge in [0.1, 0.15) is 5.76 Å². The first-order valence-electron chi connectivity index (χ1n) is 7.51. The van der Waals surface area contributed by atoms with Crippen LogP contribution in [-0.4, -0.2) is 46.0 Å². The first-order chi connectivity index (χ1) is 10.0. The lowest BCUT2D eigenvalue weighted by Gasteiger charge is -2.29. The van der Waals surface area contributed by atoms with E-state index in [2.05, 4.69) is 21.9 Å². The van der Waals surface area contributed by atoms with E-state index in [4.69, 9.17) is 4.42 Å². The largest absolute Gasteiger partial charge is 0.447 e. The molecule has 1 aliphatic heterocycles. The molecule has 2 rings (SSSR count). The van der Waals surface area contributed by atoms with E-state index in [1.807, 2.05) is 7.05 Å². The molecule has 0 radical (unpaired) electrons. The van der Waals surface area contributed by atoms with E-state index in [1.54, 1.807) is 6.07 Å². The molecule has 1 saturated heterocycles. The van der Waals surface area contributed by atoms with Crippen molar-refractivity contribution in [2.45, 2.75) is 43.9 Å². The Kier molecular flexibility index (Phi) is 5.80. The Labute approximate surface area is 126 Å². The number of hydrogen-bond acceptors (Lipinski definition) is 5. The summed E-state index contributed by atoms with van der Waals surface area (Å²) in [7, 11) is -1.56. The highest BCUT2D eigenvalue weighted by Crippen LogP contribution is 2.16. The van der Waals surface area contributed by atoms with Gasteiger partial charge in [0.15, 0.2) is 0 Å². The van der Waals surface area contributed by atoms with Gasteiger partial charge in [0.25, 0.3) is 10.0 Å². The van der Waals surface area contributed by atoms with Gasteiger partial charge in [-0.2, -0.15) is 0 Å². The van der Waals surface area contributed by atoms with Crippen molar-refractivity contribution in [1.29, 1.82) is 0 Å². The molecule has 1 atom stereocenters. The van der Waals surface area contributed by atoms with Crippen LogP contribution in [0.15, 0.2) is 21.6 Å². The molecule has 1 fully saturated rings. The van der Waals surface area contributed by atoms with Gasteiger partial charge in [0.05, 0.1) is 6.54 Å². The fraction of sp³-hybridized carbons (Fsp3) is 0.714. The lowest BCUT2D eigenvalue weighted by molar-refractivity contribution is 0.241. The summed E-state index contributed by atoms with van der Waals surface area (Å²) in [6.07, 6.45) is 2.91. The molecule has 0 aromatic carbocycles. The molecular formula is C14H25N3O3S. The molecule has 1 unspecified atom stereocenters. The third-order valence-electron chi connectivity index (χ3n) is 3.57. The molecule has 0 bridgehead atoms. The summed E-state index contributed by atoms with van der Waals surface area (Å²) in [6, 6.07) is 3.20. The van der Waals surface area contributed by atoms with Crippen LogP contribution in [0.5, 0.6) is 0 Å². The number of nitrogens with one attached hydrogen (secondary N) is 2. The molecule has 0 aliphatic carbocycles. The smallest absolute Gasteiger partial charge is 0.274 e. The minimum absolute atomic E-state index is 0.00373. The summed E-state index contributed by atoms with van der Waals surface area (Å²) < 4.78 is 32.8. The second-order valence-electron chi connectivity index (χ2n) is 5.62. The summed E-state index contributed by atoms with van der Waals surface area (Å²) in [6.45, 7) is 5.28. The van der Waals surface area contributed by atoms with E-state index in [0.29, 0.717) is 12.3 Å². The van der Waals surface area contributed by atoms with Crippen molar-refractivity contribution in [1.82, 2.24) is 14.9 Å². The Balaban J connectivity index is 1.95. The monoisotopic (exact) mass is 315 g/mol. The molecule has 6 nitrogen and oxygen atoms in total.